The van der Waals surface area contributed by atoms with Crippen molar-refractivity contribution in [3.05, 3.63) is 58.6 Å². The number of nitrogens with one attached hydrogen (secondary N) is 2. The quantitative estimate of drug-likeness (QED) is 0.504. The molecular formula is C22H27N3O6S. The van der Waals surface area contributed by atoms with Crippen molar-refractivity contribution in [2.75, 3.05) is 7.11 Å². The summed E-state index contributed by atoms with van der Waals surface area (Å²) in [5.41, 5.74) is 1.49. The molecule has 2 aromatic carbocycles. The maximum atomic E-state index is 13.0. The normalized spacial score (nSPS) is 12.8. The number of sulfonamides is 1. The van der Waals surface area contributed by atoms with Gasteiger partial charge in [0.15, 0.2) is 5.58 Å². The minimum Gasteiger partial charge on any atom is -0.497 e. The van der Waals surface area contributed by atoms with E-state index in [1.54, 1.807) is 19.2 Å². The van der Waals surface area contributed by atoms with E-state index in [9.17, 15) is 18.0 Å². The summed E-state index contributed by atoms with van der Waals surface area (Å²) in [6.45, 7) is 4.06. The Labute approximate surface area is 186 Å². The van der Waals surface area contributed by atoms with Crippen molar-refractivity contribution in [3.8, 4) is 5.75 Å². The van der Waals surface area contributed by atoms with Crippen molar-refractivity contribution in [3.63, 3.8) is 0 Å². The number of benzene rings is 2. The molecule has 0 aliphatic rings. The number of amides is 1. The molecule has 1 amide bonds. The molecule has 1 aromatic heterocycles. The molecule has 0 spiro atoms. The third-order valence-electron chi connectivity index (χ3n) is 5.02. The van der Waals surface area contributed by atoms with Gasteiger partial charge >= 0.3 is 5.76 Å². The first kappa shape index (κ1) is 23.6. The highest BCUT2D eigenvalue weighted by Gasteiger charge is 2.27. The van der Waals surface area contributed by atoms with Crippen LogP contribution in [0.15, 0.2) is 56.6 Å². The van der Waals surface area contributed by atoms with Gasteiger partial charge in [-0.05, 0) is 42.2 Å². The monoisotopic (exact) mass is 461 g/mol. The van der Waals surface area contributed by atoms with Gasteiger partial charge in [-0.25, -0.2) is 13.2 Å². The van der Waals surface area contributed by atoms with E-state index in [1.807, 2.05) is 26.0 Å². The Morgan fingerprint density at radius 1 is 1.16 bits per heavy atom. The van der Waals surface area contributed by atoms with Crippen LogP contribution < -0.4 is 20.5 Å². The van der Waals surface area contributed by atoms with Crippen molar-refractivity contribution in [2.24, 2.45) is 13.0 Å². The predicted molar refractivity (Wildman–Crippen MR) is 120 cm³/mol. The maximum Gasteiger partial charge on any atom is 0.419 e. The van der Waals surface area contributed by atoms with Crippen LogP contribution >= 0.6 is 0 Å². The fraction of sp³-hybridized carbons (Fsp3) is 0.364. The summed E-state index contributed by atoms with van der Waals surface area (Å²) in [7, 11) is -0.930. The van der Waals surface area contributed by atoms with Crippen LogP contribution in [0.2, 0.25) is 0 Å². The van der Waals surface area contributed by atoms with Gasteiger partial charge in [0.1, 0.15) is 11.8 Å². The lowest BCUT2D eigenvalue weighted by Gasteiger charge is -2.20. The molecule has 1 atom stereocenters. The Hall–Kier alpha value is -3.11. The summed E-state index contributed by atoms with van der Waals surface area (Å²) in [6.07, 6.45) is 0.316. The highest BCUT2D eigenvalue weighted by atomic mass is 32.2. The predicted octanol–water partition coefficient (Wildman–Crippen LogP) is 2.15. The molecule has 0 unspecified atom stereocenters. The molecule has 0 aliphatic heterocycles. The van der Waals surface area contributed by atoms with Crippen LogP contribution in [0.3, 0.4) is 0 Å². The average Bonchev–Trinajstić information content (AvgIpc) is 3.04. The van der Waals surface area contributed by atoms with Crippen molar-refractivity contribution >= 4 is 27.0 Å². The van der Waals surface area contributed by atoms with E-state index in [0.29, 0.717) is 17.7 Å². The van der Waals surface area contributed by atoms with E-state index in [-0.39, 0.29) is 22.9 Å². The summed E-state index contributed by atoms with van der Waals surface area (Å²) < 4.78 is 39.9. The molecule has 3 rings (SSSR count). The average molecular weight is 462 g/mol. The molecule has 32 heavy (non-hydrogen) atoms. The van der Waals surface area contributed by atoms with Crippen LogP contribution in [-0.4, -0.2) is 32.0 Å². The SMILES string of the molecule is COc1ccc(CNC(=O)[C@@H](CC(C)C)NS(=O)(=O)c2ccc3c(c2)oc(=O)n3C)cc1. The van der Waals surface area contributed by atoms with E-state index in [1.165, 1.54) is 29.8 Å². The first-order valence-corrected chi connectivity index (χ1v) is 11.6. The molecule has 0 fully saturated rings. The maximum absolute atomic E-state index is 13.0. The lowest BCUT2D eigenvalue weighted by Crippen LogP contribution is -2.47. The molecule has 2 N–H and O–H groups in total. The highest BCUT2D eigenvalue weighted by molar-refractivity contribution is 7.89. The molecule has 0 saturated carbocycles. The van der Waals surface area contributed by atoms with Crippen LogP contribution in [0.1, 0.15) is 25.8 Å². The van der Waals surface area contributed by atoms with Crippen molar-refractivity contribution in [2.45, 2.75) is 37.8 Å². The molecule has 0 saturated heterocycles. The topological polar surface area (TPSA) is 120 Å². The smallest absolute Gasteiger partial charge is 0.419 e. The summed E-state index contributed by atoms with van der Waals surface area (Å²) in [5.74, 6) is -0.232. The number of aromatic nitrogens is 1. The summed E-state index contributed by atoms with van der Waals surface area (Å²) in [6, 6.07) is 10.4. The van der Waals surface area contributed by atoms with E-state index in [4.69, 9.17) is 9.15 Å². The Balaban J connectivity index is 1.77. The Morgan fingerprint density at radius 2 is 1.84 bits per heavy atom. The largest absolute Gasteiger partial charge is 0.497 e. The number of carbonyl (C=O) groups is 1. The molecule has 0 bridgehead atoms. The number of hydrogen-bond donors (Lipinski definition) is 2. The molecule has 9 nitrogen and oxygen atoms in total. The number of carbonyl (C=O) groups excluding carboxylic acids is 1. The van der Waals surface area contributed by atoms with Crippen LogP contribution in [0.5, 0.6) is 5.75 Å². The minimum atomic E-state index is -4.04. The van der Waals surface area contributed by atoms with Gasteiger partial charge in [-0.1, -0.05) is 26.0 Å². The van der Waals surface area contributed by atoms with Crippen LogP contribution in [-0.2, 0) is 28.4 Å². The first-order chi connectivity index (χ1) is 15.1. The second kappa shape index (κ2) is 9.58. The van der Waals surface area contributed by atoms with Gasteiger partial charge in [0.2, 0.25) is 15.9 Å². The van der Waals surface area contributed by atoms with Crippen molar-refractivity contribution < 1.29 is 22.4 Å². The Kier molecular flexibility index (Phi) is 7.05. The van der Waals surface area contributed by atoms with E-state index in [0.717, 1.165) is 5.56 Å². The molecule has 10 heteroatoms. The molecule has 172 valence electrons. The third-order valence-corrected chi connectivity index (χ3v) is 6.49. The number of fused-ring (bicyclic) bond motifs is 1. The van der Waals surface area contributed by atoms with Gasteiger partial charge in [-0.3, -0.25) is 9.36 Å². The number of ether oxygens (including phenoxy) is 1. The zero-order valence-corrected chi connectivity index (χ0v) is 19.2. The van der Waals surface area contributed by atoms with Crippen LogP contribution in [0.4, 0.5) is 0 Å². The van der Waals surface area contributed by atoms with Crippen LogP contribution in [0.25, 0.3) is 11.1 Å². The number of methoxy groups -OCH3 is 1. The number of aryl methyl sites for hydroxylation is 1. The fourth-order valence-electron chi connectivity index (χ4n) is 3.27. The lowest BCUT2D eigenvalue weighted by molar-refractivity contribution is -0.123. The Morgan fingerprint density at radius 3 is 2.47 bits per heavy atom. The molecule has 1 heterocycles. The first-order valence-electron chi connectivity index (χ1n) is 10.1. The number of oxazole rings is 1. The zero-order valence-electron chi connectivity index (χ0n) is 18.4. The highest BCUT2D eigenvalue weighted by Crippen LogP contribution is 2.19. The Bertz CT molecular complexity index is 1260. The van der Waals surface area contributed by atoms with Gasteiger partial charge in [0.05, 0.1) is 17.5 Å². The van der Waals surface area contributed by atoms with Crippen molar-refractivity contribution in [1.82, 2.24) is 14.6 Å². The second-order valence-corrected chi connectivity index (χ2v) is 9.64. The molecular weight excluding hydrogens is 434 g/mol. The van der Waals surface area contributed by atoms with Gasteiger partial charge < -0.3 is 14.5 Å². The van der Waals surface area contributed by atoms with Gasteiger partial charge in [-0.2, -0.15) is 4.72 Å². The number of rotatable bonds is 9. The van der Waals surface area contributed by atoms with E-state index < -0.39 is 27.7 Å². The third kappa shape index (κ3) is 5.38. The zero-order chi connectivity index (χ0) is 23.5. The van der Waals surface area contributed by atoms with E-state index in [2.05, 4.69) is 10.0 Å². The molecule has 0 radical (unpaired) electrons. The fourth-order valence-corrected chi connectivity index (χ4v) is 4.50. The van der Waals surface area contributed by atoms with Gasteiger partial charge in [-0.15, -0.1) is 0 Å². The number of hydrogen-bond acceptors (Lipinski definition) is 6. The van der Waals surface area contributed by atoms with Gasteiger partial charge in [0, 0.05) is 19.7 Å². The van der Waals surface area contributed by atoms with Crippen LogP contribution in [0, 0.1) is 5.92 Å². The summed E-state index contributed by atoms with van der Waals surface area (Å²) >= 11 is 0. The van der Waals surface area contributed by atoms with E-state index >= 15 is 0 Å². The summed E-state index contributed by atoms with van der Waals surface area (Å²) in [5, 5.41) is 2.79. The van der Waals surface area contributed by atoms with Gasteiger partial charge in [0.25, 0.3) is 0 Å². The molecule has 3 aromatic rings. The lowest BCUT2D eigenvalue weighted by atomic mass is 10.0. The van der Waals surface area contributed by atoms with Crippen molar-refractivity contribution in [1.29, 1.82) is 0 Å². The minimum absolute atomic E-state index is 0.0732. The summed E-state index contributed by atoms with van der Waals surface area (Å²) in [4.78, 5) is 24.4. The number of nitrogens with zero attached hydrogens (tertiary/aromatic N) is 1. The standard InChI is InChI=1S/C22H27N3O6S/c1-14(2)11-18(21(26)23-13-15-5-7-16(30-4)8-6-15)24-32(28,29)17-9-10-19-20(12-17)31-22(27)25(19)3/h5-10,12,14,18,24H,11,13H2,1-4H3,(H,23,26)/t18-/m1/s1. The molecule has 0 aliphatic carbocycles. The second-order valence-electron chi connectivity index (χ2n) is 7.93.